The number of nitrogen functional groups attached to an aromatic ring is 1. The van der Waals surface area contributed by atoms with Crippen LogP contribution in [-0.4, -0.2) is 40.1 Å². The Kier molecular flexibility index (Phi) is 3.38. The first-order valence-electron chi connectivity index (χ1n) is 5.99. The van der Waals surface area contributed by atoms with Gasteiger partial charge in [-0.25, -0.2) is 0 Å². The maximum absolute atomic E-state index is 12.1. The fourth-order valence-electron chi connectivity index (χ4n) is 2.29. The molecule has 0 aliphatic carbocycles. The minimum atomic E-state index is -0.284. The second-order valence-corrected chi connectivity index (χ2v) is 4.72. The van der Waals surface area contributed by atoms with Gasteiger partial charge in [-0.15, -0.1) is 0 Å². The number of aliphatic hydroxyl groups is 1. The SMILES string of the molecule is CC(O)C1CCN(C(=O)c2cc(N)c[nH]2)CC1. The van der Waals surface area contributed by atoms with E-state index < -0.39 is 0 Å². The number of piperidine rings is 1. The van der Waals surface area contributed by atoms with E-state index in [1.165, 1.54) is 0 Å². The molecule has 0 bridgehead atoms. The molecule has 0 spiro atoms. The highest BCUT2D eigenvalue weighted by atomic mass is 16.3. The Balaban J connectivity index is 1.95. The van der Waals surface area contributed by atoms with Gasteiger partial charge in [0.25, 0.3) is 5.91 Å². The van der Waals surface area contributed by atoms with E-state index >= 15 is 0 Å². The summed E-state index contributed by atoms with van der Waals surface area (Å²) in [5.41, 5.74) is 6.69. The number of rotatable bonds is 2. The predicted molar refractivity (Wildman–Crippen MR) is 65.5 cm³/mol. The lowest BCUT2D eigenvalue weighted by molar-refractivity contribution is 0.0517. The molecule has 0 radical (unpaired) electrons. The number of hydrogen-bond acceptors (Lipinski definition) is 3. The van der Waals surface area contributed by atoms with Crippen LogP contribution in [0.1, 0.15) is 30.3 Å². The number of aromatic amines is 1. The third kappa shape index (κ3) is 2.61. The second-order valence-electron chi connectivity index (χ2n) is 4.72. The van der Waals surface area contributed by atoms with Gasteiger partial charge in [0, 0.05) is 25.0 Å². The van der Waals surface area contributed by atoms with E-state index in [0.29, 0.717) is 30.4 Å². The number of anilines is 1. The van der Waals surface area contributed by atoms with E-state index in [1.807, 2.05) is 11.8 Å². The van der Waals surface area contributed by atoms with Gasteiger partial charge in [-0.2, -0.15) is 0 Å². The molecule has 1 atom stereocenters. The van der Waals surface area contributed by atoms with Crippen molar-refractivity contribution in [2.24, 2.45) is 5.92 Å². The van der Waals surface area contributed by atoms with Crippen molar-refractivity contribution in [3.63, 3.8) is 0 Å². The van der Waals surface area contributed by atoms with Crippen LogP contribution in [0.2, 0.25) is 0 Å². The summed E-state index contributed by atoms with van der Waals surface area (Å²) >= 11 is 0. The van der Waals surface area contributed by atoms with Gasteiger partial charge in [-0.1, -0.05) is 0 Å². The van der Waals surface area contributed by atoms with E-state index in [9.17, 15) is 9.90 Å². The number of aromatic nitrogens is 1. The van der Waals surface area contributed by atoms with Crippen molar-refractivity contribution in [3.8, 4) is 0 Å². The summed E-state index contributed by atoms with van der Waals surface area (Å²) in [6.07, 6.45) is 3.06. The molecule has 1 amide bonds. The molecule has 0 aromatic carbocycles. The minimum Gasteiger partial charge on any atom is -0.397 e. The molecule has 1 aliphatic heterocycles. The number of nitrogens with two attached hydrogens (primary N) is 1. The van der Waals surface area contributed by atoms with E-state index in [4.69, 9.17) is 5.73 Å². The third-order valence-corrected chi connectivity index (χ3v) is 3.44. The molecule has 1 aromatic heterocycles. The van der Waals surface area contributed by atoms with Crippen LogP contribution in [0.15, 0.2) is 12.3 Å². The van der Waals surface area contributed by atoms with Crippen LogP contribution < -0.4 is 5.73 Å². The summed E-state index contributed by atoms with van der Waals surface area (Å²) in [6, 6.07) is 1.66. The predicted octanol–water partition coefficient (Wildman–Crippen LogP) is 0.830. The average Bonchev–Trinajstić information content (AvgIpc) is 2.75. The average molecular weight is 237 g/mol. The lowest BCUT2D eigenvalue weighted by atomic mass is 9.92. The van der Waals surface area contributed by atoms with Crippen molar-refractivity contribution in [3.05, 3.63) is 18.0 Å². The first kappa shape index (κ1) is 12.0. The molecule has 1 aliphatic rings. The number of hydrogen-bond donors (Lipinski definition) is 3. The van der Waals surface area contributed by atoms with Crippen LogP contribution >= 0.6 is 0 Å². The summed E-state index contributed by atoms with van der Waals surface area (Å²) in [5.74, 6) is 0.304. The van der Waals surface area contributed by atoms with Crippen molar-refractivity contribution in [1.29, 1.82) is 0 Å². The van der Waals surface area contributed by atoms with Crippen LogP contribution in [-0.2, 0) is 0 Å². The fourth-order valence-corrected chi connectivity index (χ4v) is 2.29. The Morgan fingerprint density at radius 2 is 2.24 bits per heavy atom. The van der Waals surface area contributed by atoms with Crippen LogP contribution in [0.5, 0.6) is 0 Å². The van der Waals surface area contributed by atoms with Crippen molar-refractivity contribution in [2.45, 2.75) is 25.9 Å². The van der Waals surface area contributed by atoms with Crippen molar-refractivity contribution in [1.82, 2.24) is 9.88 Å². The Hall–Kier alpha value is -1.49. The monoisotopic (exact) mass is 237 g/mol. The molecular weight excluding hydrogens is 218 g/mol. The molecule has 94 valence electrons. The molecule has 2 heterocycles. The number of H-pyrrole nitrogens is 1. The van der Waals surface area contributed by atoms with Gasteiger partial charge in [0.1, 0.15) is 5.69 Å². The number of amides is 1. The standard InChI is InChI=1S/C12H19N3O2/c1-8(16)9-2-4-15(5-3-9)12(17)11-6-10(13)7-14-11/h6-9,14,16H,2-5,13H2,1H3. The van der Waals surface area contributed by atoms with Gasteiger partial charge >= 0.3 is 0 Å². The van der Waals surface area contributed by atoms with Gasteiger partial charge in [0.2, 0.25) is 0 Å². The number of aliphatic hydroxyl groups excluding tert-OH is 1. The topological polar surface area (TPSA) is 82.3 Å². The number of nitrogens with one attached hydrogen (secondary N) is 1. The fraction of sp³-hybridized carbons (Fsp3) is 0.583. The van der Waals surface area contributed by atoms with E-state index in [2.05, 4.69) is 4.98 Å². The molecular formula is C12H19N3O2. The summed E-state index contributed by atoms with van der Waals surface area (Å²) in [5, 5.41) is 9.50. The molecule has 2 rings (SSSR count). The number of carbonyl (C=O) groups is 1. The van der Waals surface area contributed by atoms with E-state index in [-0.39, 0.29) is 12.0 Å². The summed E-state index contributed by atoms with van der Waals surface area (Å²) < 4.78 is 0. The quantitative estimate of drug-likeness (QED) is 0.712. The molecule has 1 unspecified atom stereocenters. The molecule has 5 nitrogen and oxygen atoms in total. The molecule has 4 N–H and O–H groups in total. The normalized spacial score (nSPS) is 19.3. The number of nitrogens with zero attached hydrogens (tertiary/aromatic N) is 1. The van der Waals surface area contributed by atoms with Crippen LogP contribution in [0, 0.1) is 5.92 Å². The van der Waals surface area contributed by atoms with Gasteiger partial charge in [-0.3, -0.25) is 4.79 Å². The minimum absolute atomic E-state index is 0.00857. The van der Waals surface area contributed by atoms with Crippen molar-refractivity contribution >= 4 is 11.6 Å². The maximum Gasteiger partial charge on any atom is 0.270 e. The summed E-state index contributed by atoms with van der Waals surface area (Å²) in [4.78, 5) is 16.7. The lowest BCUT2D eigenvalue weighted by Gasteiger charge is -2.33. The third-order valence-electron chi connectivity index (χ3n) is 3.44. The highest BCUT2D eigenvalue weighted by molar-refractivity contribution is 5.93. The highest BCUT2D eigenvalue weighted by Crippen LogP contribution is 2.21. The Morgan fingerprint density at radius 3 is 2.71 bits per heavy atom. The molecule has 5 heteroatoms. The smallest absolute Gasteiger partial charge is 0.270 e. The van der Waals surface area contributed by atoms with Gasteiger partial charge in [0.15, 0.2) is 0 Å². The van der Waals surface area contributed by atoms with Crippen LogP contribution in [0.25, 0.3) is 0 Å². The second kappa shape index (κ2) is 4.79. The first-order chi connectivity index (χ1) is 8.08. The van der Waals surface area contributed by atoms with Crippen molar-refractivity contribution < 1.29 is 9.90 Å². The Morgan fingerprint density at radius 1 is 1.59 bits per heavy atom. The van der Waals surface area contributed by atoms with Gasteiger partial charge < -0.3 is 20.7 Å². The maximum atomic E-state index is 12.1. The van der Waals surface area contributed by atoms with Crippen LogP contribution in [0.4, 0.5) is 5.69 Å². The zero-order chi connectivity index (χ0) is 12.4. The highest BCUT2D eigenvalue weighted by Gasteiger charge is 2.26. The number of carbonyl (C=O) groups excluding carboxylic acids is 1. The van der Waals surface area contributed by atoms with Crippen molar-refractivity contribution in [2.75, 3.05) is 18.8 Å². The molecule has 17 heavy (non-hydrogen) atoms. The van der Waals surface area contributed by atoms with E-state index in [0.717, 1.165) is 12.8 Å². The molecule has 1 saturated heterocycles. The molecule has 0 saturated carbocycles. The summed E-state index contributed by atoms with van der Waals surface area (Å²) in [7, 11) is 0. The van der Waals surface area contributed by atoms with E-state index in [1.54, 1.807) is 12.3 Å². The van der Waals surface area contributed by atoms with Crippen LogP contribution in [0.3, 0.4) is 0 Å². The molecule has 1 fully saturated rings. The first-order valence-corrected chi connectivity index (χ1v) is 5.99. The molecule has 1 aromatic rings. The zero-order valence-corrected chi connectivity index (χ0v) is 10.0. The largest absolute Gasteiger partial charge is 0.397 e. The van der Waals surface area contributed by atoms with Gasteiger partial charge in [-0.05, 0) is 31.7 Å². The van der Waals surface area contributed by atoms with Gasteiger partial charge in [0.05, 0.1) is 6.10 Å². The zero-order valence-electron chi connectivity index (χ0n) is 10.0. The Bertz CT molecular complexity index is 392. The summed E-state index contributed by atoms with van der Waals surface area (Å²) in [6.45, 7) is 3.22. The number of likely N-dealkylation sites (tertiary alicyclic amines) is 1. The lowest BCUT2D eigenvalue weighted by Crippen LogP contribution is -2.40. The Labute approximate surface area is 101 Å².